The number of hydrogen-bond acceptors (Lipinski definition) is 3. The van der Waals surface area contributed by atoms with E-state index in [1.165, 1.54) is 12.4 Å². The third-order valence-corrected chi connectivity index (χ3v) is 2.63. The highest BCUT2D eigenvalue weighted by Gasteiger charge is 2.09. The summed E-state index contributed by atoms with van der Waals surface area (Å²) in [7, 11) is 0. The van der Waals surface area contributed by atoms with Crippen molar-refractivity contribution < 1.29 is 9.90 Å². The molecule has 0 spiro atoms. The minimum Gasteiger partial charge on any atom is -0.478 e. The van der Waals surface area contributed by atoms with E-state index in [1.54, 1.807) is 18.2 Å². The molecule has 17 heavy (non-hydrogen) atoms. The molecule has 1 aromatic heterocycles. The summed E-state index contributed by atoms with van der Waals surface area (Å²) in [5, 5.41) is 9.68. The molecule has 0 aliphatic rings. The fourth-order valence-corrected chi connectivity index (χ4v) is 1.62. The molecule has 86 valence electrons. The summed E-state index contributed by atoms with van der Waals surface area (Å²) in [6.07, 6.45) is 2.45. The first-order chi connectivity index (χ1) is 8.08. The van der Waals surface area contributed by atoms with Crippen LogP contribution in [-0.2, 0) is 0 Å². The van der Waals surface area contributed by atoms with Gasteiger partial charge in [0.1, 0.15) is 0 Å². The Morgan fingerprint density at radius 1 is 1.18 bits per heavy atom. The third-order valence-electron chi connectivity index (χ3n) is 2.07. The van der Waals surface area contributed by atoms with Gasteiger partial charge in [-0.1, -0.05) is 23.2 Å². The van der Waals surface area contributed by atoms with Crippen LogP contribution in [0.5, 0.6) is 0 Å². The van der Waals surface area contributed by atoms with Gasteiger partial charge in [-0.15, -0.1) is 0 Å². The van der Waals surface area contributed by atoms with Crippen LogP contribution in [0.25, 0.3) is 11.4 Å². The molecule has 1 heterocycles. The Bertz CT molecular complexity index is 570. The van der Waals surface area contributed by atoms with E-state index in [-0.39, 0.29) is 5.56 Å². The molecule has 1 N–H and O–H groups in total. The molecule has 4 nitrogen and oxygen atoms in total. The number of halogens is 2. The zero-order valence-electron chi connectivity index (χ0n) is 8.39. The van der Waals surface area contributed by atoms with Crippen molar-refractivity contribution in [2.75, 3.05) is 0 Å². The highest BCUT2D eigenvalue weighted by molar-refractivity contribution is 6.35. The van der Waals surface area contributed by atoms with E-state index < -0.39 is 5.97 Å². The van der Waals surface area contributed by atoms with Crippen molar-refractivity contribution in [1.82, 2.24) is 9.97 Å². The molecule has 0 aliphatic heterocycles. The predicted molar refractivity (Wildman–Crippen MR) is 64.4 cm³/mol. The standard InChI is InChI=1S/C11H6Cl2N2O2/c12-7-1-2-9(13)8(3-7)10-14-4-6(5-15-10)11(16)17/h1-5H,(H,16,17). The molecule has 0 atom stereocenters. The van der Waals surface area contributed by atoms with Crippen molar-refractivity contribution in [3.63, 3.8) is 0 Å². The number of aromatic nitrogens is 2. The zero-order chi connectivity index (χ0) is 12.4. The van der Waals surface area contributed by atoms with E-state index in [2.05, 4.69) is 9.97 Å². The summed E-state index contributed by atoms with van der Waals surface area (Å²) in [6, 6.07) is 4.91. The second-order valence-electron chi connectivity index (χ2n) is 3.22. The molecule has 0 amide bonds. The molecule has 0 radical (unpaired) electrons. The third kappa shape index (κ3) is 2.54. The lowest BCUT2D eigenvalue weighted by Crippen LogP contribution is -1.99. The molecule has 0 aliphatic carbocycles. The van der Waals surface area contributed by atoms with Gasteiger partial charge < -0.3 is 5.11 Å². The first kappa shape index (κ1) is 11.8. The highest BCUT2D eigenvalue weighted by atomic mass is 35.5. The maximum atomic E-state index is 10.6. The summed E-state index contributed by atoms with van der Waals surface area (Å²) in [5.74, 6) is -0.740. The SMILES string of the molecule is O=C(O)c1cnc(-c2cc(Cl)ccc2Cl)nc1. The fourth-order valence-electron chi connectivity index (χ4n) is 1.25. The Morgan fingerprint density at radius 2 is 1.82 bits per heavy atom. The van der Waals surface area contributed by atoms with Gasteiger partial charge in [0.2, 0.25) is 0 Å². The Balaban J connectivity index is 2.46. The Morgan fingerprint density at radius 3 is 2.41 bits per heavy atom. The lowest BCUT2D eigenvalue weighted by molar-refractivity contribution is 0.0696. The molecule has 1 aromatic carbocycles. The Labute approximate surface area is 107 Å². The average Bonchev–Trinajstić information content (AvgIpc) is 2.32. The normalized spacial score (nSPS) is 10.2. The van der Waals surface area contributed by atoms with Crippen LogP contribution in [0.1, 0.15) is 10.4 Å². The van der Waals surface area contributed by atoms with Crippen molar-refractivity contribution in [2.24, 2.45) is 0 Å². The number of aromatic carboxylic acids is 1. The average molecular weight is 269 g/mol. The number of rotatable bonds is 2. The molecule has 0 saturated heterocycles. The van der Waals surface area contributed by atoms with E-state index in [0.29, 0.717) is 21.4 Å². The van der Waals surface area contributed by atoms with E-state index in [1.807, 2.05) is 0 Å². The first-order valence-corrected chi connectivity index (χ1v) is 5.34. The van der Waals surface area contributed by atoms with Crippen molar-refractivity contribution in [3.8, 4) is 11.4 Å². The second-order valence-corrected chi connectivity index (χ2v) is 4.07. The summed E-state index contributed by atoms with van der Waals surface area (Å²) in [6.45, 7) is 0. The highest BCUT2D eigenvalue weighted by Crippen LogP contribution is 2.27. The Kier molecular flexibility index (Phi) is 3.26. The number of nitrogens with zero attached hydrogens (tertiary/aromatic N) is 2. The molecule has 0 saturated carbocycles. The van der Waals surface area contributed by atoms with Gasteiger partial charge in [0.15, 0.2) is 5.82 Å². The topological polar surface area (TPSA) is 63.1 Å². The minimum absolute atomic E-state index is 0.0203. The minimum atomic E-state index is -1.08. The maximum absolute atomic E-state index is 10.6. The summed E-state index contributed by atoms with van der Waals surface area (Å²) >= 11 is 11.8. The quantitative estimate of drug-likeness (QED) is 0.909. The number of benzene rings is 1. The fraction of sp³-hybridized carbons (Fsp3) is 0. The van der Waals surface area contributed by atoms with Crippen LogP contribution >= 0.6 is 23.2 Å². The van der Waals surface area contributed by atoms with Gasteiger partial charge in [0.05, 0.1) is 10.6 Å². The van der Waals surface area contributed by atoms with Gasteiger partial charge >= 0.3 is 5.97 Å². The van der Waals surface area contributed by atoms with Crippen LogP contribution in [0.15, 0.2) is 30.6 Å². The monoisotopic (exact) mass is 268 g/mol. The van der Waals surface area contributed by atoms with Crippen LogP contribution in [0.4, 0.5) is 0 Å². The van der Waals surface area contributed by atoms with E-state index in [0.717, 1.165) is 0 Å². The lowest BCUT2D eigenvalue weighted by Gasteiger charge is -2.03. The summed E-state index contributed by atoms with van der Waals surface area (Å²) < 4.78 is 0. The second kappa shape index (κ2) is 4.69. The first-order valence-electron chi connectivity index (χ1n) is 4.58. The van der Waals surface area contributed by atoms with E-state index in [9.17, 15) is 4.79 Å². The predicted octanol–water partition coefficient (Wildman–Crippen LogP) is 3.15. The van der Waals surface area contributed by atoms with Gasteiger partial charge in [-0.2, -0.15) is 0 Å². The number of carboxylic acid groups (broad SMARTS) is 1. The van der Waals surface area contributed by atoms with Crippen molar-refractivity contribution in [3.05, 3.63) is 46.2 Å². The molecule has 0 fully saturated rings. The van der Waals surface area contributed by atoms with Gasteiger partial charge in [0.25, 0.3) is 0 Å². The number of hydrogen-bond donors (Lipinski definition) is 1. The van der Waals surface area contributed by atoms with E-state index >= 15 is 0 Å². The Hall–Kier alpha value is -1.65. The zero-order valence-corrected chi connectivity index (χ0v) is 9.90. The van der Waals surface area contributed by atoms with Crippen LogP contribution in [-0.4, -0.2) is 21.0 Å². The smallest absolute Gasteiger partial charge is 0.338 e. The summed E-state index contributed by atoms with van der Waals surface area (Å²) in [4.78, 5) is 18.5. The van der Waals surface area contributed by atoms with Crippen LogP contribution < -0.4 is 0 Å². The van der Waals surface area contributed by atoms with Gasteiger partial charge in [-0.3, -0.25) is 0 Å². The van der Waals surface area contributed by atoms with Gasteiger partial charge in [-0.05, 0) is 18.2 Å². The largest absolute Gasteiger partial charge is 0.478 e. The van der Waals surface area contributed by atoms with Crippen molar-refractivity contribution in [1.29, 1.82) is 0 Å². The van der Waals surface area contributed by atoms with Crippen molar-refractivity contribution in [2.45, 2.75) is 0 Å². The molecule has 2 aromatic rings. The maximum Gasteiger partial charge on any atom is 0.338 e. The summed E-state index contributed by atoms with van der Waals surface area (Å²) in [5.41, 5.74) is 0.586. The van der Waals surface area contributed by atoms with Crippen LogP contribution in [0.2, 0.25) is 10.0 Å². The van der Waals surface area contributed by atoms with Crippen LogP contribution in [0.3, 0.4) is 0 Å². The molecule has 0 unspecified atom stereocenters. The number of carboxylic acids is 1. The molecule has 0 bridgehead atoms. The van der Waals surface area contributed by atoms with Crippen molar-refractivity contribution >= 4 is 29.2 Å². The van der Waals surface area contributed by atoms with Crippen LogP contribution in [0, 0.1) is 0 Å². The van der Waals surface area contributed by atoms with Gasteiger partial charge in [0, 0.05) is 23.0 Å². The van der Waals surface area contributed by atoms with E-state index in [4.69, 9.17) is 28.3 Å². The lowest BCUT2D eigenvalue weighted by atomic mass is 10.2. The molecule has 2 rings (SSSR count). The molecular formula is C11H6Cl2N2O2. The molecular weight excluding hydrogens is 263 g/mol. The number of carbonyl (C=O) groups is 1. The molecule has 6 heteroatoms. The van der Waals surface area contributed by atoms with Gasteiger partial charge in [-0.25, -0.2) is 14.8 Å².